The average Bonchev–Trinajstić information content (AvgIpc) is 2.75. The summed E-state index contributed by atoms with van der Waals surface area (Å²) < 4.78 is 0.836. The van der Waals surface area contributed by atoms with Gasteiger partial charge in [0.15, 0.2) is 0 Å². The first-order valence-corrected chi connectivity index (χ1v) is 7.12. The molecule has 1 saturated heterocycles. The number of nitrogens with one attached hydrogen (secondary N) is 1. The molecule has 0 bridgehead atoms. The minimum Gasteiger partial charge on any atom is -0.342 e. The smallest absolute Gasteiger partial charge is 0.204 e. The van der Waals surface area contributed by atoms with Crippen LogP contribution in [0.15, 0.2) is 0 Å². The van der Waals surface area contributed by atoms with E-state index in [0.29, 0.717) is 0 Å². The summed E-state index contributed by atoms with van der Waals surface area (Å²) in [5.41, 5.74) is 2.66. The van der Waals surface area contributed by atoms with Crippen molar-refractivity contribution in [2.24, 2.45) is 0 Å². The Morgan fingerprint density at radius 2 is 1.76 bits per heavy atom. The molecule has 1 fully saturated rings. The zero-order chi connectivity index (χ0) is 11.7. The first kappa shape index (κ1) is 11.2. The number of hydrogen-bond acceptors (Lipinski definition) is 3. The van der Waals surface area contributed by atoms with Gasteiger partial charge in [0, 0.05) is 24.3 Å². The molecule has 0 unspecified atom stereocenters. The lowest BCUT2D eigenvalue weighted by Crippen LogP contribution is -2.21. The van der Waals surface area contributed by atoms with Crippen LogP contribution in [0.2, 0.25) is 0 Å². The van der Waals surface area contributed by atoms with E-state index in [9.17, 15) is 0 Å². The van der Waals surface area contributed by atoms with Crippen LogP contribution in [0.4, 0.5) is 5.95 Å². The third kappa shape index (κ3) is 2.23. The van der Waals surface area contributed by atoms with E-state index in [2.05, 4.69) is 14.9 Å². The van der Waals surface area contributed by atoms with Crippen molar-refractivity contribution < 1.29 is 0 Å². The first-order valence-electron chi connectivity index (χ1n) is 6.71. The number of anilines is 1. The quantitative estimate of drug-likeness (QED) is 0.613. The van der Waals surface area contributed by atoms with Crippen molar-refractivity contribution in [3.8, 4) is 0 Å². The Hall–Kier alpha value is -0.900. The molecule has 0 atom stereocenters. The maximum absolute atomic E-state index is 5.46. The predicted molar refractivity (Wildman–Crippen MR) is 72.1 cm³/mol. The molecule has 0 saturated carbocycles. The fraction of sp³-hybridized carbons (Fsp3) is 0.692. The van der Waals surface area contributed by atoms with Crippen molar-refractivity contribution in [1.29, 1.82) is 0 Å². The van der Waals surface area contributed by atoms with Gasteiger partial charge in [0.05, 0.1) is 0 Å². The van der Waals surface area contributed by atoms with Gasteiger partial charge in [-0.05, 0) is 38.5 Å². The molecule has 1 N–H and O–H groups in total. The second kappa shape index (κ2) is 4.77. The molecular weight excluding hydrogens is 230 g/mol. The molecule has 92 valence electrons. The molecule has 4 heteroatoms. The van der Waals surface area contributed by atoms with Gasteiger partial charge in [-0.25, -0.2) is 4.98 Å². The molecule has 1 aliphatic carbocycles. The second-order valence-corrected chi connectivity index (χ2v) is 5.46. The Labute approximate surface area is 107 Å². The molecule has 3 rings (SSSR count). The fourth-order valence-electron chi connectivity index (χ4n) is 2.86. The van der Waals surface area contributed by atoms with Gasteiger partial charge >= 0.3 is 0 Å². The Morgan fingerprint density at radius 1 is 1.00 bits per heavy atom. The largest absolute Gasteiger partial charge is 0.342 e. The Morgan fingerprint density at radius 3 is 2.59 bits per heavy atom. The maximum atomic E-state index is 5.46. The summed E-state index contributed by atoms with van der Waals surface area (Å²) >= 11 is 5.46. The van der Waals surface area contributed by atoms with Crippen molar-refractivity contribution >= 4 is 18.2 Å². The molecule has 0 spiro atoms. The molecule has 2 aliphatic rings. The fourth-order valence-corrected chi connectivity index (χ4v) is 3.17. The van der Waals surface area contributed by atoms with Crippen molar-refractivity contribution in [2.45, 2.75) is 44.9 Å². The van der Waals surface area contributed by atoms with Gasteiger partial charge in [0.2, 0.25) is 5.95 Å². The number of H-pyrrole nitrogens is 1. The standard InChI is InChI=1S/C13H19N3S/c17-12-10-6-2-1-3-7-11(10)14-13(15-12)16-8-4-5-9-16/h1-9H2,(H,14,15,17). The molecular formula is C13H19N3S. The normalized spacial score (nSPS) is 20.1. The van der Waals surface area contributed by atoms with Gasteiger partial charge in [-0.3, -0.25) is 0 Å². The van der Waals surface area contributed by atoms with Crippen LogP contribution in [0, 0.1) is 4.64 Å². The van der Waals surface area contributed by atoms with Crippen molar-refractivity contribution in [1.82, 2.24) is 9.97 Å². The number of fused-ring (bicyclic) bond motifs is 1. The van der Waals surface area contributed by atoms with Crippen LogP contribution in [0.1, 0.15) is 43.4 Å². The average molecular weight is 249 g/mol. The van der Waals surface area contributed by atoms with Crippen LogP contribution >= 0.6 is 12.2 Å². The van der Waals surface area contributed by atoms with Crippen LogP contribution < -0.4 is 4.90 Å². The summed E-state index contributed by atoms with van der Waals surface area (Å²) in [4.78, 5) is 10.5. The summed E-state index contributed by atoms with van der Waals surface area (Å²) in [5.74, 6) is 1.01. The molecule has 1 aliphatic heterocycles. The second-order valence-electron chi connectivity index (χ2n) is 5.08. The highest BCUT2D eigenvalue weighted by Crippen LogP contribution is 2.23. The Bertz CT molecular complexity index is 460. The highest BCUT2D eigenvalue weighted by atomic mass is 32.1. The van der Waals surface area contributed by atoms with Crippen molar-refractivity contribution in [2.75, 3.05) is 18.0 Å². The van der Waals surface area contributed by atoms with Gasteiger partial charge in [-0.2, -0.15) is 0 Å². The van der Waals surface area contributed by atoms with Crippen LogP contribution in [0.5, 0.6) is 0 Å². The van der Waals surface area contributed by atoms with Gasteiger partial charge in [-0.1, -0.05) is 18.6 Å². The lowest BCUT2D eigenvalue weighted by Gasteiger charge is -2.18. The number of aromatic nitrogens is 2. The number of nitrogens with zero attached hydrogens (tertiary/aromatic N) is 2. The zero-order valence-electron chi connectivity index (χ0n) is 10.2. The number of aryl methyl sites for hydroxylation is 1. The predicted octanol–water partition coefficient (Wildman–Crippen LogP) is 3.01. The van der Waals surface area contributed by atoms with Crippen molar-refractivity contribution in [3.63, 3.8) is 0 Å². The lowest BCUT2D eigenvalue weighted by molar-refractivity contribution is 0.708. The SMILES string of the molecule is S=c1nc(N2CCCC2)[nH]c2c1CCCCC2. The van der Waals surface area contributed by atoms with Crippen LogP contribution in [-0.2, 0) is 12.8 Å². The van der Waals surface area contributed by atoms with E-state index in [-0.39, 0.29) is 0 Å². The van der Waals surface area contributed by atoms with Crippen molar-refractivity contribution in [3.05, 3.63) is 15.9 Å². The van der Waals surface area contributed by atoms with Crippen LogP contribution in [0.3, 0.4) is 0 Å². The molecule has 0 aromatic carbocycles. The first-order chi connectivity index (χ1) is 8.34. The summed E-state index contributed by atoms with van der Waals surface area (Å²) in [5, 5.41) is 0. The number of aromatic amines is 1. The Kier molecular flexibility index (Phi) is 3.14. The zero-order valence-corrected chi connectivity index (χ0v) is 11.0. The van der Waals surface area contributed by atoms with Gasteiger partial charge in [0.25, 0.3) is 0 Å². The van der Waals surface area contributed by atoms with Crippen LogP contribution in [-0.4, -0.2) is 23.1 Å². The molecule has 1 aromatic rings. The minimum atomic E-state index is 0.836. The lowest BCUT2D eigenvalue weighted by atomic mass is 10.1. The molecule has 17 heavy (non-hydrogen) atoms. The maximum Gasteiger partial charge on any atom is 0.204 e. The highest BCUT2D eigenvalue weighted by Gasteiger charge is 2.17. The Balaban J connectivity index is 1.99. The third-order valence-corrected chi connectivity index (χ3v) is 4.19. The van der Waals surface area contributed by atoms with E-state index < -0.39 is 0 Å². The summed E-state index contributed by atoms with van der Waals surface area (Å²) in [6.45, 7) is 2.24. The summed E-state index contributed by atoms with van der Waals surface area (Å²) in [6.07, 6.45) is 8.66. The monoisotopic (exact) mass is 249 g/mol. The van der Waals surface area contributed by atoms with Gasteiger partial charge < -0.3 is 9.88 Å². The van der Waals surface area contributed by atoms with Crippen LogP contribution in [0.25, 0.3) is 0 Å². The molecule has 0 amide bonds. The van der Waals surface area contributed by atoms with E-state index in [1.165, 1.54) is 43.4 Å². The van der Waals surface area contributed by atoms with E-state index >= 15 is 0 Å². The highest BCUT2D eigenvalue weighted by molar-refractivity contribution is 7.71. The topological polar surface area (TPSA) is 31.9 Å². The third-order valence-electron chi connectivity index (χ3n) is 3.85. The summed E-state index contributed by atoms with van der Waals surface area (Å²) in [6, 6.07) is 0. The molecule has 0 radical (unpaired) electrons. The van der Waals surface area contributed by atoms with E-state index in [1.807, 2.05) is 0 Å². The number of rotatable bonds is 1. The van der Waals surface area contributed by atoms with E-state index in [1.54, 1.807) is 0 Å². The summed E-state index contributed by atoms with van der Waals surface area (Å²) in [7, 11) is 0. The number of hydrogen-bond donors (Lipinski definition) is 1. The van der Waals surface area contributed by atoms with E-state index in [0.717, 1.165) is 36.5 Å². The minimum absolute atomic E-state index is 0.836. The molecule has 1 aromatic heterocycles. The molecule has 3 nitrogen and oxygen atoms in total. The molecule has 2 heterocycles. The van der Waals surface area contributed by atoms with Gasteiger partial charge in [-0.15, -0.1) is 0 Å². The van der Waals surface area contributed by atoms with Gasteiger partial charge in [0.1, 0.15) is 4.64 Å². The van der Waals surface area contributed by atoms with E-state index in [4.69, 9.17) is 12.2 Å².